The quantitative estimate of drug-likeness (QED) is 0.859. The van der Waals surface area contributed by atoms with E-state index in [-0.39, 0.29) is 6.03 Å². The van der Waals surface area contributed by atoms with Crippen molar-refractivity contribution >= 4 is 17.6 Å². The van der Waals surface area contributed by atoms with Crippen molar-refractivity contribution in [2.45, 2.75) is 32.1 Å². The highest BCUT2D eigenvalue weighted by Crippen LogP contribution is 2.47. The van der Waals surface area contributed by atoms with Crippen LogP contribution in [0.5, 0.6) is 5.75 Å². The predicted molar refractivity (Wildman–Crippen MR) is 87.4 cm³/mol. The van der Waals surface area contributed by atoms with Gasteiger partial charge in [-0.15, -0.1) is 0 Å². The van der Waals surface area contributed by atoms with Crippen molar-refractivity contribution in [1.29, 1.82) is 0 Å². The summed E-state index contributed by atoms with van der Waals surface area (Å²) in [6.07, 6.45) is 6.31. The minimum Gasteiger partial charge on any atom is -0.492 e. The Morgan fingerprint density at radius 3 is 2.86 bits per heavy atom. The van der Waals surface area contributed by atoms with Crippen molar-refractivity contribution in [3.8, 4) is 5.75 Å². The van der Waals surface area contributed by atoms with Crippen LogP contribution in [0.2, 0.25) is 5.02 Å². The van der Waals surface area contributed by atoms with Crippen molar-refractivity contribution < 1.29 is 9.53 Å². The number of urea groups is 1. The highest BCUT2D eigenvalue weighted by atomic mass is 35.5. The van der Waals surface area contributed by atoms with E-state index < -0.39 is 0 Å². The molecule has 1 aromatic rings. The molecule has 0 bridgehead atoms. The van der Waals surface area contributed by atoms with E-state index in [2.05, 4.69) is 5.32 Å². The molecule has 3 rings (SSSR count). The molecule has 22 heavy (non-hydrogen) atoms. The molecular weight excluding hydrogens is 300 g/mol. The lowest BCUT2D eigenvalue weighted by Gasteiger charge is -2.48. The predicted octanol–water partition coefficient (Wildman–Crippen LogP) is 3.69. The zero-order valence-corrected chi connectivity index (χ0v) is 13.6. The molecule has 4 nitrogen and oxygen atoms in total. The Morgan fingerprint density at radius 2 is 2.14 bits per heavy atom. The van der Waals surface area contributed by atoms with E-state index >= 15 is 0 Å². The Labute approximate surface area is 136 Å². The minimum absolute atomic E-state index is 0.0423. The van der Waals surface area contributed by atoms with Gasteiger partial charge in [-0.1, -0.05) is 24.1 Å². The van der Waals surface area contributed by atoms with Gasteiger partial charge in [0, 0.05) is 18.1 Å². The lowest BCUT2D eigenvalue weighted by atomic mass is 9.64. The number of benzene rings is 1. The number of hydrogen-bond acceptors (Lipinski definition) is 2. The summed E-state index contributed by atoms with van der Waals surface area (Å²) in [5, 5.41) is 3.61. The van der Waals surface area contributed by atoms with Crippen LogP contribution in [-0.2, 0) is 0 Å². The molecule has 1 spiro atoms. The third kappa shape index (κ3) is 3.67. The van der Waals surface area contributed by atoms with Gasteiger partial charge in [0.1, 0.15) is 12.4 Å². The van der Waals surface area contributed by atoms with Gasteiger partial charge in [-0.2, -0.15) is 0 Å². The monoisotopic (exact) mass is 322 g/mol. The van der Waals surface area contributed by atoms with Crippen LogP contribution >= 0.6 is 11.6 Å². The van der Waals surface area contributed by atoms with Gasteiger partial charge >= 0.3 is 6.03 Å². The number of ether oxygens (including phenoxy) is 1. The van der Waals surface area contributed by atoms with Gasteiger partial charge in [-0.25, -0.2) is 4.79 Å². The van der Waals surface area contributed by atoms with Crippen molar-refractivity contribution in [2.24, 2.45) is 5.41 Å². The van der Waals surface area contributed by atoms with Crippen LogP contribution in [-0.4, -0.2) is 37.2 Å². The molecule has 2 amide bonds. The van der Waals surface area contributed by atoms with E-state index in [0.717, 1.165) is 25.3 Å². The largest absolute Gasteiger partial charge is 0.492 e. The number of nitrogens with one attached hydrogen (secondary N) is 1. The second-order valence-electron chi connectivity index (χ2n) is 6.42. The molecule has 0 atom stereocenters. The molecule has 2 fully saturated rings. The molecule has 120 valence electrons. The Hall–Kier alpha value is -1.42. The smallest absolute Gasteiger partial charge is 0.317 e. The number of carbonyl (C=O) groups is 1. The van der Waals surface area contributed by atoms with Gasteiger partial charge in [-0.05, 0) is 49.3 Å². The van der Waals surface area contributed by atoms with Gasteiger partial charge in [0.25, 0.3) is 0 Å². The molecule has 5 heteroatoms. The molecule has 1 aliphatic heterocycles. The van der Waals surface area contributed by atoms with Crippen molar-refractivity contribution in [3.63, 3.8) is 0 Å². The van der Waals surface area contributed by atoms with Gasteiger partial charge in [0.2, 0.25) is 0 Å². The average molecular weight is 323 g/mol. The molecule has 1 aromatic carbocycles. The molecule has 0 aromatic heterocycles. The first-order valence-electron chi connectivity index (χ1n) is 8.08. The first-order chi connectivity index (χ1) is 10.7. The maximum atomic E-state index is 12.2. The second-order valence-corrected chi connectivity index (χ2v) is 6.85. The average Bonchev–Trinajstić information content (AvgIpc) is 2.50. The number of piperidine rings is 1. The van der Waals surface area contributed by atoms with E-state index in [1.807, 2.05) is 23.1 Å². The molecule has 1 saturated carbocycles. The van der Waals surface area contributed by atoms with Gasteiger partial charge in [0.15, 0.2) is 0 Å². The molecule has 2 aliphatic rings. The summed E-state index contributed by atoms with van der Waals surface area (Å²) in [6, 6.07) is 7.33. The zero-order chi connectivity index (χ0) is 15.4. The Balaban J connectivity index is 1.39. The number of rotatable bonds is 4. The summed E-state index contributed by atoms with van der Waals surface area (Å²) >= 11 is 5.90. The van der Waals surface area contributed by atoms with Gasteiger partial charge < -0.3 is 15.0 Å². The van der Waals surface area contributed by atoms with Crippen LogP contribution < -0.4 is 10.1 Å². The zero-order valence-electron chi connectivity index (χ0n) is 12.8. The lowest BCUT2D eigenvalue weighted by molar-refractivity contribution is 0.0368. The van der Waals surface area contributed by atoms with Crippen LogP contribution in [0, 0.1) is 5.41 Å². The molecule has 0 radical (unpaired) electrons. The van der Waals surface area contributed by atoms with Gasteiger partial charge in [-0.3, -0.25) is 0 Å². The fourth-order valence-electron chi connectivity index (χ4n) is 3.46. The fourth-order valence-corrected chi connectivity index (χ4v) is 3.64. The summed E-state index contributed by atoms with van der Waals surface area (Å²) in [5.41, 5.74) is 0.437. The Bertz CT molecular complexity index is 531. The Kier molecular flexibility index (Phi) is 4.77. The number of likely N-dealkylation sites (tertiary alicyclic amines) is 1. The van der Waals surface area contributed by atoms with Crippen molar-refractivity contribution in [3.05, 3.63) is 29.3 Å². The second kappa shape index (κ2) is 6.78. The number of nitrogens with zero attached hydrogens (tertiary/aromatic N) is 1. The highest BCUT2D eigenvalue weighted by molar-refractivity contribution is 6.30. The lowest BCUT2D eigenvalue weighted by Crippen LogP contribution is -2.52. The normalized spacial score (nSPS) is 19.6. The minimum atomic E-state index is 0.0423. The van der Waals surface area contributed by atoms with E-state index in [0.29, 0.717) is 23.6 Å². The first-order valence-corrected chi connectivity index (χ1v) is 8.46. The topological polar surface area (TPSA) is 41.6 Å². The molecule has 1 saturated heterocycles. The van der Waals surface area contributed by atoms with Crippen LogP contribution in [0.1, 0.15) is 32.1 Å². The summed E-state index contributed by atoms with van der Waals surface area (Å²) in [5.74, 6) is 0.730. The Morgan fingerprint density at radius 1 is 1.32 bits per heavy atom. The maximum absolute atomic E-state index is 12.2. The summed E-state index contributed by atoms with van der Waals surface area (Å²) in [4.78, 5) is 14.2. The van der Waals surface area contributed by atoms with E-state index in [1.54, 1.807) is 6.07 Å². The fraction of sp³-hybridized carbons (Fsp3) is 0.588. The number of amides is 2. The standard InChI is InChI=1S/C17H23ClN2O2/c18-14-4-1-5-15(12-14)22-11-9-19-16(21)20-10-3-8-17(13-20)6-2-7-17/h1,4-5,12H,2-3,6-11,13H2,(H,19,21). The highest BCUT2D eigenvalue weighted by Gasteiger charge is 2.41. The van der Waals surface area contributed by atoms with E-state index in [4.69, 9.17) is 16.3 Å². The van der Waals surface area contributed by atoms with Crippen molar-refractivity contribution in [2.75, 3.05) is 26.2 Å². The number of carbonyl (C=O) groups excluding carboxylic acids is 1. The van der Waals surface area contributed by atoms with Crippen molar-refractivity contribution in [1.82, 2.24) is 10.2 Å². The van der Waals surface area contributed by atoms with Crippen LogP contribution in [0.25, 0.3) is 0 Å². The first kappa shape index (κ1) is 15.5. The SMILES string of the molecule is O=C(NCCOc1cccc(Cl)c1)N1CCCC2(CCC2)C1. The van der Waals surface area contributed by atoms with Crippen LogP contribution in [0.4, 0.5) is 4.79 Å². The molecular formula is C17H23ClN2O2. The van der Waals surface area contributed by atoms with Gasteiger partial charge in [0.05, 0.1) is 6.54 Å². The van der Waals surface area contributed by atoms with Crippen LogP contribution in [0.3, 0.4) is 0 Å². The number of hydrogen-bond donors (Lipinski definition) is 1. The third-order valence-corrected chi connectivity index (χ3v) is 5.04. The summed E-state index contributed by atoms with van der Waals surface area (Å²) in [7, 11) is 0. The molecule has 1 N–H and O–H groups in total. The van der Waals surface area contributed by atoms with E-state index in [1.165, 1.54) is 25.7 Å². The maximum Gasteiger partial charge on any atom is 0.317 e. The molecule has 1 heterocycles. The summed E-state index contributed by atoms with van der Waals surface area (Å²) < 4.78 is 5.58. The number of halogens is 1. The summed E-state index contributed by atoms with van der Waals surface area (Å²) in [6.45, 7) is 2.76. The third-order valence-electron chi connectivity index (χ3n) is 4.81. The van der Waals surface area contributed by atoms with Crippen LogP contribution in [0.15, 0.2) is 24.3 Å². The van der Waals surface area contributed by atoms with E-state index in [9.17, 15) is 4.79 Å². The molecule has 0 unspecified atom stereocenters. The molecule has 1 aliphatic carbocycles.